The third-order valence-corrected chi connectivity index (χ3v) is 10.3. The first kappa shape index (κ1) is 38.1. The van der Waals surface area contributed by atoms with Crippen LogP contribution in [0.4, 0.5) is 0 Å². The van der Waals surface area contributed by atoms with Gasteiger partial charge in [-0.25, -0.2) is 4.98 Å². The zero-order valence-electron chi connectivity index (χ0n) is 30.6. The zero-order chi connectivity index (χ0) is 34.8. The Kier molecular flexibility index (Phi) is 12.1. The second kappa shape index (κ2) is 15.5. The first-order valence-corrected chi connectivity index (χ1v) is 17.6. The number of ketones is 1. The molecule has 0 saturated heterocycles. The van der Waals surface area contributed by atoms with E-state index in [1.54, 1.807) is 6.33 Å². The summed E-state index contributed by atoms with van der Waals surface area (Å²) < 4.78 is 0. The van der Waals surface area contributed by atoms with Crippen LogP contribution in [0, 0.1) is 17.9 Å². The van der Waals surface area contributed by atoms with Crippen LogP contribution in [-0.2, 0) is 35.7 Å². The molecule has 0 bridgehead atoms. The standard InChI is InChI=1S/C31H27N2.C13H24O2.Ir/c1-30(2,3)24-17-25-26(23-13-9-8-12-22(23)24)29-27(31(25,4)5)28(32-18-33-29)21-15-14-19-10-6-7-11-20(19)16-21;1-5-10(6-2)12(14)9-13(15)11(7-3)8-4;/h6-14,16-18H,1-5H3;9-11,14H,5-8H2,1-4H3;/q-1;;/b;12-9-;. The van der Waals surface area contributed by atoms with Gasteiger partial charge in [-0.3, -0.25) is 9.78 Å². The molecule has 259 valence electrons. The van der Waals surface area contributed by atoms with E-state index in [-0.39, 0.29) is 54.3 Å². The Balaban J connectivity index is 0.000000290. The second-order valence-corrected chi connectivity index (χ2v) is 14.7. The number of nitrogens with zero attached hydrogens (tertiary/aromatic N) is 2. The number of carbonyl (C=O) groups excluding carboxylic acids is 1. The fraction of sp³-hybridized carbons (Fsp3) is 0.386. The third kappa shape index (κ3) is 7.44. The molecule has 4 aromatic carbocycles. The number of allylic oxidation sites excluding steroid dienone is 2. The third-order valence-electron chi connectivity index (χ3n) is 10.3. The van der Waals surface area contributed by atoms with E-state index in [0.717, 1.165) is 42.6 Å². The summed E-state index contributed by atoms with van der Waals surface area (Å²) in [6.45, 7) is 19.6. The summed E-state index contributed by atoms with van der Waals surface area (Å²) in [5, 5.41) is 14.7. The van der Waals surface area contributed by atoms with Gasteiger partial charge in [-0.2, -0.15) is 0 Å². The summed E-state index contributed by atoms with van der Waals surface area (Å²) in [5.41, 5.74) is 8.05. The monoisotopic (exact) mass is 832 g/mol. The Bertz CT molecular complexity index is 1980. The van der Waals surface area contributed by atoms with Gasteiger partial charge < -0.3 is 5.11 Å². The second-order valence-electron chi connectivity index (χ2n) is 14.7. The molecule has 4 nitrogen and oxygen atoms in total. The van der Waals surface area contributed by atoms with Gasteiger partial charge in [0.2, 0.25) is 0 Å². The Labute approximate surface area is 306 Å². The van der Waals surface area contributed by atoms with Crippen molar-refractivity contribution in [1.29, 1.82) is 0 Å². The van der Waals surface area contributed by atoms with Crippen LogP contribution in [0.2, 0.25) is 0 Å². The van der Waals surface area contributed by atoms with Gasteiger partial charge >= 0.3 is 0 Å². The summed E-state index contributed by atoms with van der Waals surface area (Å²) in [6.07, 6.45) is 6.62. The van der Waals surface area contributed by atoms with Gasteiger partial charge in [0.15, 0.2) is 5.78 Å². The molecule has 5 heteroatoms. The molecule has 0 atom stereocenters. The molecule has 1 aliphatic carbocycles. The van der Waals surface area contributed by atoms with Gasteiger partial charge in [0.1, 0.15) is 6.33 Å². The quantitative estimate of drug-likeness (QED) is 0.0961. The van der Waals surface area contributed by atoms with E-state index in [0.29, 0.717) is 0 Å². The number of aliphatic hydroxyl groups is 1. The molecule has 1 heterocycles. The van der Waals surface area contributed by atoms with Crippen LogP contribution in [0.25, 0.3) is 44.1 Å². The molecule has 0 amide bonds. The minimum Gasteiger partial charge on any atom is -0.512 e. The zero-order valence-corrected chi connectivity index (χ0v) is 33.0. The summed E-state index contributed by atoms with van der Waals surface area (Å²) in [6, 6.07) is 27.4. The van der Waals surface area contributed by atoms with E-state index in [9.17, 15) is 9.90 Å². The summed E-state index contributed by atoms with van der Waals surface area (Å²) in [5.74, 6) is 0.547. The first-order chi connectivity index (χ1) is 22.9. The van der Waals surface area contributed by atoms with Gasteiger partial charge in [0.25, 0.3) is 0 Å². The van der Waals surface area contributed by atoms with Crippen molar-refractivity contribution in [3.05, 3.63) is 108 Å². The van der Waals surface area contributed by atoms with E-state index >= 15 is 0 Å². The molecule has 5 aromatic rings. The molecule has 0 unspecified atom stereocenters. The van der Waals surface area contributed by atoms with Gasteiger partial charge in [-0.1, -0.05) is 122 Å². The van der Waals surface area contributed by atoms with Crippen LogP contribution in [0.15, 0.2) is 84.9 Å². The van der Waals surface area contributed by atoms with E-state index in [4.69, 9.17) is 9.97 Å². The molecule has 6 rings (SSSR count). The predicted octanol–water partition coefficient (Wildman–Crippen LogP) is 11.7. The topological polar surface area (TPSA) is 63.1 Å². The maximum Gasteiger partial charge on any atom is 0.162 e. The number of aliphatic hydroxyl groups excluding tert-OH is 1. The van der Waals surface area contributed by atoms with E-state index in [1.807, 2.05) is 27.7 Å². The largest absolute Gasteiger partial charge is 0.512 e. The van der Waals surface area contributed by atoms with Crippen LogP contribution >= 0.6 is 0 Å². The smallest absolute Gasteiger partial charge is 0.162 e. The molecule has 1 radical (unpaired) electrons. The van der Waals surface area contributed by atoms with Crippen molar-refractivity contribution < 1.29 is 30.0 Å². The number of aromatic nitrogens is 2. The number of hydrogen-bond donors (Lipinski definition) is 1. The van der Waals surface area contributed by atoms with Crippen molar-refractivity contribution in [3.8, 4) is 22.5 Å². The molecule has 0 aliphatic heterocycles. The number of rotatable bonds is 8. The first-order valence-electron chi connectivity index (χ1n) is 17.6. The molecule has 1 N–H and O–H groups in total. The average molecular weight is 832 g/mol. The van der Waals surface area contributed by atoms with Crippen molar-refractivity contribution in [2.45, 2.75) is 98.8 Å². The number of fused-ring (bicyclic) bond motifs is 6. The Morgan fingerprint density at radius 3 is 2.02 bits per heavy atom. The van der Waals surface area contributed by atoms with Gasteiger partial charge in [-0.15, -0.1) is 29.1 Å². The van der Waals surface area contributed by atoms with Crippen molar-refractivity contribution in [1.82, 2.24) is 9.97 Å². The van der Waals surface area contributed by atoms with E-state index in [1.165, 1.54) is 49.9 Å². The van der Waals surface area contributed by atoms with Crippen LogP contribution in [0.1, 0.15) is 105 Å². The molecule has 0 spiro atoms. The Morgan fingerprint density at radius 1 is 0.837 bits per heavy atom. The van der Waals surface area contributed by atoms with Crippen molar-refractivity contribution in [2.75, 3.05) is 0 Å². The van der Waals surface area contributed by atoms with Gasteiger partial charge in [-0.05, 0) is 64.3 Å². The number of carbonyl (C=O) groups is 1. The van der Waals surface area contributed by atoms with Crippen LogP contribution in [0.5, 0.6) is 0 Å². The Hall–Kier alpha value is -3.66. The molecular formula is C44H51IrN2O2-. The average Bonchev–Trinajstić information content (AvgIpc) is 3.31. The summed E-state index contributed by atoms with van der Waals surface area (Å²) in [7, 11) is 0. The normalized spacial score (nSPS) is 13.6. The maximum atomic E-state index is 11.7. The van der Waals surface area contributed by atoms with E-state index < -0.39 is 0 Å². The summed E-state index contributed by atoms with van der Waals surface area (Å²) in [4.78, 5) is 21.4. The minimum atomic E-state index is -0.217. The number of benzene rings is 4. The molecular weight excluding hydrogens is 781 g/mol. The predicted molar refractivity (Wildman–Crippen MR) is 201 cm³/mol. The fourth-order valence-electron chi connectivity index (χ4n) is 7.29. The SMILES string of the molecule is CC(C)(C)c1cc2c(c3ccccc13)-c1ncnc(-c3[c-]cc4ccccc4c3)c1C2(C)C.CCC(CC)C(=O)/C=C(\O)C(CC)CC.[Ir]. The fourth-order valence-corrected chi connectivity index (χ4v) is 7.29. The molecule has 1 aliphatic rings. The van der Waals surface area contributed by atoms with Crippen LogP contribution in [0.3, 0.4) is 0 Å². The van der Waals surface area contributed by atoms with E-state index in [2.05, 4.69) is 107 Å². The van der Waals surface area contributed by atoms with Crippen molar-refractivity contribution >= 4 is 27.3 Å². The van der Waals surface area contributed by atoms with Gasteiger partial charge in [0.05, 0.1) is 11.5 Å². The molecule has 0 fully saturated rings. The minimum absolute atomic E-state index is 0. The molecule has 49 heavy (non-hydrogen) atoms. The van der Waals surface area contributed by atoms with Gasteiger partial charge in [0, 0.05) is 49.0 Å². The number of hydrogen-bond acceptors (Lipinski definition) is 4. The van der Waals surface area contributed by atoms with Crippen LogP contribution < -0.4 is 0 Å². The maximum absolute atomic E-state index is 11.7. The summed E-state index contributed by atoms with van der Waals surface area (Å²) >= 11 is 0. The van der Waals surface area contributed by atoms with Crippen molar-refractivity contribution in [2.24, 2.45) is 11.8 Å². The molecule has 1 aromatic heterocycles. The molecule has 0 saturated carbocycles. The Morgan fingerprint density at radius 2 is 1.41 bits per heavy atom. The van der Waals surface area contributed by atoms with Crippen molar-refractivity contribution in [3.63, 3.8) is 0 Å². The van der Waals surface area contributed by atoms with Crippen LogP contribution in [-0.4, -0.2) is 20.9 Å².